The summed E-state index contributed by atoms with van der Waals surface area (Å²) in [5.41, 5.74) is 0. The maximum absolute atomic E-state index is 5.15. The summed E-state index contributed by atoms with van der Waals surface area (Å²) in [4.78, 5) is 2.20. The van der Waals surface area contributed by atoms with Gasteiger partial charge in [-0.3, -0.25) is 4.90 Å². The summed E-state index contributed by atoms with van der Waals surface area (Å²) < 4.78 is 5.15. The van der Waals surface area contributed by atoms with E-state index in [9.17, 15) is 0 Å². The third-order valence-corrected chi connectivity index (χ3v) is 1.36. The Balaban J connectivity index is 2.15. The highest BCUT2D eigenvalue weighted by atomic mass is 16.5. The molecule has 1 aliphatic rings. The van der Waals surface area contributed by atoms with Gasteiger partial charge in [0.2, 0.25) is 0 Å². The van der Waals surface area contributed by atoms with E-state index in [1.165, 1.54) is 0 Å². The zero-order chi connectivity index (χ0) is 6.53. The Morgan fingerprint density at radius 1 is 1.67 bits per heavy atom. The second kappa shape index (κ2) is 3.64. The number of hydrogen-bond donors (Lipinski definition) is 0. The summed E-state index contributed by atoms with van der Waals surface area (Å²) in [5, 5.41) is 0. The first-order valence-electron chi connectivity index (χ1n) is 3.21. The van der Waals surface area contributed by atoms with Crippen molar-refractivity contribution in [2.45, 2.75) is 0 Å². The number of rotatable bonds is 2. The lowest BCUT2D eigenvalue weighted by molar-refractivity contribution is 0.0537. The summed E-state index contributed by atoms with van der Waals surface area (Å²) in [6.45, 7) is 9.33. The highest BCUT2D eigenvalue weighted by molar-refractivity contribution is 4.87. The van der Waals surface area contributed by atoms with Crippen LogP contribution in [-0.4, -0.2) is 31.2 Å². The molecule has 0 aromatic heterocycles. The van der Waals surface area contributed by atoms with Gasteiger partial charge in [-0.05, 0) is 0 Å². The quantitative estimate of drug-likeness (QED) is 0.542. The van der Waals surface area contributed by atoms with E-state index < -0.39 is 0 Å². The molecule has 0 spiro atoms. The molecule has 1 radical (unpaired) electrons. The van der Waals surface area contributed by atoms with Crippen LogP contribution in [0.5, 0.6) is 0 Å². The molecule has 0 aromatic carbocycles. The van der Waals surface area contributed by atoms with E-state index in [1.54, 1.807) is 0 Å². The summed E-state index contributed by atoms with van der Waals surface area (Å²) in [7, 11) is 0. The van der Waals surface area contributed by atoms with Crippen molar-refractivity contribution >= 4 is 0 Å². The normalized spacial score (nSPS) is 21.8. The lowest BCUT2D eigenvalue weighted by Crippen LogP contribution is -2.33. The Morgan fingerprint density at radius 3 is 3.11 bits per heavy atom. The van der Waals surface area contributed by atoms with Crippen molar-refractivity contribution in [3.05, 3.63) is 19.2 Å². The monoisotopic (exact) mass is 128 g/mol. The van der Waals surface area contributed by atoms with Gasteiger partial charge in [0.1, 0.15) is 0 Å². The second-order valence-corrected chi connectivity index (χ2v) is 2.03. The third-order valence-electron chi connectivity index (χ3n) is 1.36. The Kier molecular flexibility index (Phi) is 2.74. The van der Waals surface area contributed by atoms with Crippen LogP contribution in [0, 0.1) is 6.54 Å². The number of ether oxygens (including phenoxy) is 1. The second-order valence-electron chi connectivity index (χ2n) is 2.03. The van der Waals surface area contributed by atoms with Crippen molar-refractivity contribution in [3.63, 3.8) is 0 Å². The molecule has 0 aliphatic carbocycles. The fraction of sp³-hybridized carbons (Fsp3) is 0.571. The smallest absolute Gasteiger partial charge is 0.0594 e. The summed E-state index contributed by atoms with van der Waals surface area (Å²) >= 11 is 0. The van der Waals surface area contributed by atoms with Crippen LogP contribution in [0.3, 0.4) is 0 Å². The Bertz CT molecular complexity index is 86.9. The topological polar surface area (TPSA) is 12.5 Å². The molecule has 51 valence electrons. The van der Waals surface area contributed by atoms with E-state index in [4.69, 9.17) is 4.74 Å². The van der Waals surface area contributed by atoms with Gasteiger partial charge in [-0.15, -0.1) is 6.58 Å². The highest BCUT2D eigenvalue weighted by Gasteiger charge is 2.07. The van der Waals surface area contributed by atoms with Gasteiger partial charge in [0.15, 0.2) is 0 Å². The zero-order valence-corrected chi connectivity index (χ0v) is 5.55. The van der Waals surface area contributed by atoms with Gasteiger partial charge in [-0.2, -0.15) is 0 Å². The Labute approximate surface area is 56.1 Å². The Morgan fingerprint density at radius 2 is 2.56 bits per heavy atom. The maximum Gasteiger partial charge on any atom is 0.0594 e. The van der Waals surface area contributed by atoms with Crippen molar-refractivity contribution in [1.82, 2.24) is 4.90 Å². The van der Waals surface area contributed by atoms with Crippen LogP contribution in [0.1, 0.15) is 0 Å². The minimum Gasteiger partial charge on any atom is -0.379 e. The van der Waals surface area contributed by atoms with E-state index in [-0.39, 0.29) is 0 Å². The van der Waals surface area contributed by atoms with Gasteiger partial charge >= 0.3 is 0 Å². The predicted molar refractivity (Wildman–Crippen MR) is 36.9 cm³/mol. The largest absolute Gasteiger partial charge is 0.379 e. The van der Waals surface area contributed by atoms with Crippen molar-refractivity contribution in [1.29, 1.82) is 0 Å². The van der Waals surface area contributed by atoms with Crippen LogP contribution in [0.15, 0.2) is 12.7 Å². The SMILES string of the molecule is C=C[CH]N1CCOC[14CH2]1. The van der Waals surface area contributed by atoms with E-state index in [1.807, 2.05) is 12.6 Å². The van der Waals surface area contributed by atoms with Crippen molar-refractivity contribution in [2.75, 3.05) is 26.3 Å². The molecule has 1 heterocycles. The fourth-order valence-electron chi connectivity index (χ4n) is 0.876. The molecule has 0 aromatic rings. The highest BCUT2D eigenvalue weighted by Crippen LogP contribution is 1.98. The molecule has 0 bridgehead atoms. The lowest BCUT2D eigenvalue weighted by Gasteiger charge is -2.24. The molecule has 1 aliphatic heterocycles. The first kappa shape index (κ1) is 6.78. The zero-order valence-electron chi connectivity index (χ0n) is 5.55. The van der Waals surface area contributed by atoms with Gasteiger partial charge in [0.25, 0.3) is 0 Å². The van der Waals surface area contributed by atoms with Crippen molar-refractivity contribution < 1.29 is 4.74 Å². The average molecular weight is 128 g/mol. The first-order chi connectivity index (χ1) is 4.43. The molecule has 0 N–H and O–H groups in total. The number of morpholine rings is 1. The van der Waals surface area contributed by atoms with E-state index in [0.29, 0.717) is 0 Å². The van der Waals surface area contributed by atoms with Crippen LogP contribution in [-0.2, 0) is 4.74 Å². The number of hydrogen-bond acceptors (Lipinski definition) is 2. The minimum atomic E-state index is 0.852. The van der Waals surface area contributed by atoms with Gasteiger partial charge in [-0.25, -0.2) is 0 Å². The van der Waals surface area contributed by atoms with Crippen molar-refractivity contribution in [3.8, 4) is 0 Å². The molecule has 1 fully saturated rings. The summed E-state index contributed by atoms with van der Waals surface area (Å²) in [5.74, 6) is 0. The van der Waals surface area contributed by atoms with E-state index >= 15 is 0 Å². The maximum atomic E-state index is 5.15. The molecule has 0 amide bonds. The number of nitrogens with zero attached hydrogens (tertiary/aromatic N) is 1. The fourth-order valence-corrected chi connectivity index (χ4v) is 0.876. The molecule has 2 heteroatoms. The average Bonchev–Trinajstić information content (AvgIpc) is 1.91. The van der Waals surface area contributed by atoms with Crippen LogP contribution in [0.2, 0.25) is 0 Å². The molecule has 9 heavy (non-hydrogen) atoms. The Hall–Kier alpha value is -0.340. The van der Waals surface area contributed by atoms with Crippen LogP contribution < -0.4 is 0 Å². The van der Waals surface area contributed by atoms with Crippen LogP contribution >= 0.6 is 0 Å². The lowest BCUT2D eigenvalue weighted by atomic mass is 10.5. The molecule has 2 nitrogen and oxygen atoms in total. The van der Waals surface area contributed by atoms with Crippen LogP contribution in [0.4, 0.5) is 0 Å². The molecule has 1 saturated heterocycles. The van der Waals surface area contributed by atoms with Crippen molar-refractivity contribution in [2.24, 2.45) is 0 Å². The van der Waals surface area contributed by atoms with Gasteiger partial charge in [0.05, 0.1) is 13.2 Å². The molecule has 0 atom stereocenters. The summed E-state index contributed by atoms with van der Waals surface area (Å²) in [6.07, 6.45) is 1.81. The molecular weight excluding hydrogens is 116 g/mol. The van der Waals surface area contributed by atoms with Crippen LogP contribution in [0.25, 0.3) is 0 Å². The first-order valence-corrected chi connectivity index (χ1v) is 3.21. The molecule has 0 saturated carbocycles. The third kappa shape index (κ3) is 2.16. The van der Waals surface area contributed by atoms with E-state index in [2.05, 4.69) is 11.5 Å². The minimum absolute atomic E-state index is 0.852. The molecular formula is C7H12NO. The molecule has 0 unspecified atom stereocenters. The van der Waals surface area contributed by atoms with Gasteiger partial charge in [-0.1, -0.05) is 6.08 Å². The predicted octanol–water partition coefficient (Wildman–Crippen LogP) is 0.666. The van der Waals surface area contributed by atoms with Gasteiger partial charge < -0.3 is 4.74 Å². The van der Waals surface area contributed by atoms with Gasteiger partial charge in [0, 0.05) is 19.6 Å². The molecule has 1 rings (SSSR count). The standard InChI is InChI=1S/C7H12NO/c1-2-3-8-4-6-9-7-5-8/h2-3H,1,4-7H2/i4+2. The van der Waals surface area contributed by atoms with E-state index in [0.717, 1.165) is 26.3 Å². The summed E-state index contributed by atoms with van der Waals surface area (Å²) in [6, 6.07) is 0.